The fraction of sp³-hybridized carbons (Fsp3) is 0.588. The van der Waals surface area contributed by atoms with Gasteiger partial charge in [0.25, 0.3) is 0 Å². The van der Waals surface area contributed by atoms with Crippen LogP contribution in [0.1, 0.15) is 57.3 Å². The summed E-state index contributed by atoms with van der Waals surface area (Å²) in [7, 11) is 0. The molecule has 0 saturated carbocycles. The van der Waals surface area contributed by atoms with Crippen LogP contribution in [0.15, 0.2) is 30.3 Å². The second-order valence-corrected chi connectivity index (χ2v) is 5.59. The molecule has 0 spiro atoms. The van der Waals surface area contributed by atoms with E-state index < -0.39 is 11.7 Å². The highest BCUT2D eigenvalue weighted by Crippen LogP contribution is 2.32. The number of carbonyl (C=O) groups is 1. The number of ether oxygens (including phenoxy) is 1. The largest absolute Gasteiger partial charge is 0.455 e. The van der Waals surface area contributed by atoms with Gasteiger partial charge >= 0.3 is 5.97 Å². The molecule has 112 valence electrons. The highest BCUT2D eigenvalue weighted by Gasteiger charge is 2.38. The number of esters is 1. The number of aliphatic hydroxyl groups is 1. The van der Waals surface area contributed by atoms with Crippen LogP contribution in [0.3, 0.4) is 0 Å². The van der Waals surface area contributed by atoms with Crippen molar-refractivity contribution in [1.82, 2.24) is 0 Å². The Bertz CT molecular complexity index is 414. The van der Waals surface area contributed by atoms with Gasteiger partial charge in [-0.15, -0.1) is 0 Å². The van der Waals surface area contributed by atoms with Crippen molar-refractivity contribution in [1.29, 1.82) is 0 Å². The second-order valence-electron chi connectivity index (χ2n) is 5.59. The van der Waals surface area contributed by atoms with Gasteiger partial charge in [-0.3, -0.25) is 0 Å². The first kappa shape index (κ1) is 16.7. The maximum Gasteiger partial charge on any atom is 0.338 e. The van der Waals surface area contributed by atoms with E-state index in [1.807, 2.05) is 45.9 Å². The van der Waals surface area contributed by atoms with Crippen LogP contribution < -0.4 is 0 Å². The quantitative estimate of drug-likeness (QED) is 0.771. The van der Waals surface area contributed by atoms with E-state index >= 15 is 0 Å². The molecule has 0 aliphatic rings. The van der Waals surface area contributed by atoms with Crippen molar-refractivity contribution >= 4 is 5.97 Å². The average Bonchev–Trinajstić information content (AvgIpc) is 2.46. The summed E-state index contributed by atoms with van der Waals surface area (Å²) < 4.78 is 5.81. The summed E-state index contributed by atoms with van der Waals surface area (Å²) in [4.78, 5) is 12.3. The summed E-state index contributed by atoms with van der Waals surface area (Å²) in [6.07, 6.45) is 1.40. The lowest BCUT2D eigenvalue weighted by atomic mass is 9.82. The fourth-order valence-corrected chi connectivity index (χ4v) is 2.38. The van der Waals surface area contributed by atoms with Crippen LogP contribution in [0, 0.1) is 5.92 Å². The highest BCUT2D eigenvalue weighted by molar-refractivity contribution is 5.89. The second kappa shape index (κ2) is 7.44. The number of hydrogen-bond acceptors (Lipinski definition) is 3. The minimum absolute atomic E-state index is 0.154. The molecular formula is C17H26O3. The van der Waals surface area contributed by atoms with Crippen molar-refractivity contribution in [2.24, 2.45) is 5.92 Å². The molecule has 0 heterocycles. The molecule has 20 heavy (non-hydrogen) atoms. The van der Waals surface area contributed by atoms with Crippen molar-refractivity contribution < 1.29 is 14.6 Å². The standard InChI is InChI=1S/C17H26O3/c1-5-15(18)12-17(6-2,13(3)4)20-16(19)14-10-8-7-9-11-14/h7-11,13,15,18H,5-6,12H2,1-4H3. The molecule has 0 radical (unpaired) electrons. The Morgan fingerprint density at radius 1 is 1.25 bits per heavy atom. The summed E-state index contributed by atoms with van der Waals surface area (Å²) in [5.41, 5.74) is -0.0560. The van der Waals surface area contributed by atoms with Crippen LogP contribution in [-0.4, -0.2) is 22.8 Å². The molecule has 0 aliphatic heterocycles. The lowest BCUT2D eigenvalue weighted by molar-refractivity contribution is -0.0714. The molecule has 0 saturated heterocycles. The van der Waals surface area contributed by atoms with Gasteiger partial charge in [0.1, 0.15) is 5.60 Å². The Kier molecular flexibility index (Phi) is 6.21. The number of hydrogen-bond donors (Lipinski definition) is 1. The maximum absolute atomic E-state index is 12.3. The maximum atomic E-state index is 12.3. The first-order chi connectivity index (χ1) is 9.45. The smallest absolute Gasteiger partial charge is 0.338 e. The van der Waals surface area contributed by atoms with Gasteiger partial charge in [0.2, 0.25) is 0 Å². The minimum atomic E-state index is -0.609. The third kappa shape index (κ3) is 4.07. The van der Waals surface area contributed by atoms with Crippen LogP contribution in [0.5, 0.6) is 0 Å². The van der Waals surface area contributed by atoms with Crippen LogP contribution in [0.25, 0.3) is 0 Å². The summed E-state index contributed by atoms with van der Waals surface area (Å²) in [6, 6.07) is 9.01. The number of rotatable bonds is 7. The highest BCUT2D eigenvalue weighted by atomic mass is 16.6. The molecule has 2 atom stereocenters. The molecule has 0 bridgehead atoms. The van der Waals surface area contributed by atoms with E-state index in [1.54, 1.807) is 12.1 Å². The summed E-state index contributed by atoms with van der Waals surface area (Å²) in [5.74, 6) is -0.161. The van der Waals surface area contributed by atoms with E-state index in [4.69, 9.17) is 4.74 Å². The third-order valence-electron chi connectivity index (χ3n) is 4.01. The van der Waals surface area contributed by atoms with Crippen molar-refractivity contribution in [3.8, 4) is 0 Å². The van der Waals surface area contributed by atoms with Crippen molar-refractivity contribution in [3.05, 3.63) is 35.9 Å². The Morgan fingerprint density at radius 3 is 2.30 bits per heavy atom. The van der Waals surface area contributed by atoms with Gasteiger partial charge in [-0.25, -0.2) is 4.79 Å². The topological polar surface area (TPSA) is 46.5 Å². The lowest BCUT2D eigenvalue weighted by Crippen LogP contribution is -2.43. The van der Waals surface area contributed by atoms with E-state index in [2.05, 4.69) is 0 Å². The molecule has 1 rings (SSSR count). The van der Waals surface area contributed by atoms with Gasteiger partial charge in [0, 0.05) is 6.42 Å². The van der Waals surface area contributed by atoms with E-state index in [0.717, 1.165) is 0 Å². The Balaban J connectivity index is 2.92. The van der Waals surface area contributed by atoms with Gasteiger partial charge < -0.3 is 9.84 Å². The number of aliphatic hydroxyl groups excluding tert-OH is 1. The monoisotopic (exact) mass is 278 g/mol. The SMILES string of the molecule is CCC(O)CC(CC)(OC(=O)c1ccccc1)C(C)C. The molecule has 0 fully saturated rings. The molecule has 1 aromatic carbocycles. The zero-order chi connectivity index (χ0) is 15.2. The molecule has 1 aromatic rings. The lowest BCUT2D eigenvalue weighted by Gasteiger charge is -2.37. The Hall–Kier alpha value is -1.35. The molecular weight excluding hydrogens is 252 g/mol. The van der Waals surface area contributed by atoms with E-state index in [9.17, 15) is 9.90 Å². The first-order valence-corrected chi connectivity index (χ1v) is 7.41. The van der Waals surface area contributed by atoms with E-state index in [0.29, 0.717) is 24.8 Å². The van der Waals surface area contributed by atoms with Crippen molar-refractivity contribution in [3.63, 3.8) is 0 Å². The summed E-state index contributed by atoms with van der Waals surface area (Å²) in [5, 5.41) is 9.97. The molecule has 3 heteroatoms. The third-order valence-corrected chi connectivity index (χ3v) is 4.01. The Labute approximate surface area is 122 Å². The van der Waals surface area contributed by atoms with Crippen molar-refractivity contribution in [2.75, 3.05) is 0 Å². The van der Waals surface area contributed by atoms with Gasteiger partial charge in [-0.05, 0) is 30.9 Å². The molecule has 0 aromatic heterocycles. The zero-order valence-electron chi connectivity index (χ0n) is 12.9. The van der Waals surface area contributed by atoms with Gasteiger partial charge in [0.15, 0.2) is 0 Å². The molecule has 0 aliphatic carbocycles. The van der Waals surface area contributed by atoms with Gasteiger partial charge in [0.05, 0.1) is 11.7 Å². The average molecular weight is 278 g/mol. The van der Waals surface area contributed by atoms with Crippen LogP contribution in [0.2, 0.25) is 0 Å². The Morgan fingerprint density at radius 2 is 1.85 bits per heavy atom. The predicted molar refractivity (Wildman–Crippen MR) is 80.6 cm³/mol. The van der Waals surface area contributed by atoms with Crippen LogP contribution in [-0.2, 0) is 4.74 Å². The van der Waals surface area contributed by atoms with Crippen molar-refractivity contribution in [2.45, 2.75) is 58.7 Å². The molecule has 3 nitrogen and oxygen atoms in total. The normalized spacial score (nSPS) is 15.7. The van der Waals surface area contributed by atoms with E-state index in [-0.39, 0.29) is 11.9 Å². The molecule has 1 N–H and O–H groups in total. The van der Waals surface area contributed by atoms with Gasteiger partial charge in [-0.2, -0.15) is 0 Å². The fourth-order valence-electron chi connectivity index (χ4n) is 2.38. The minimum Gasteiger partial charge on any atom is -0.455 e. The summed E-state index contributed by atoms with van der Waals surface area (Å²) >= 11 is 0. The number of benzene rings is 1. The van der Waals surface area contributed by atoms with Crippen LogP contribution in [0.4, 0.5) is 0 Å². The van der Waals surface area contributed by atoms with Crippen LogP contribution >= 0.6 is 0 Å². The van der Waals surface area contributed by atoms with E-state index in [1.165, 1.54) is 0 Å². The summed E-state index contributed by atoms with van der Waals surface area (Å²) in [6.45, 7) is 8.00. The first-order valence-electron chi connectivity index (χ1n) is 7.41. The molecule has 0 amide bonds. The zero-order valence-corrected chi connectivity index (χ0v) is 12.9. The molecule has 2 unspecified atom stereocenters. The predicted octanol–water partition coefficient (Wildman–Crippen LogP) is 3.81. The number of carbonyl (C=O) groups excluding carboxylic acids is 1. The van der Waals surface area contributed by atoms with Gasteiger partial charge in [-0.1, -0.05) is 45.9 Å².